The Balaban J connectivity index is 1.56. The van der Waals surface area contributed by atoms with Gasteiger partial charge in [0.15, 0.2) is 11.6 Å². The Morgan fingerprint density at radius 3 is 2.11 bits per heavy atom. The molecule has 0 aliphatic heterocycles. The van der Waals surface area contributed by atoms with Crippen LogP contribution in [0.25, 0.3) is 33.0 Å². The fraction of sp³-hybridized carbons (Fsp3) is 0.267. The molecule has 0 aliphatic rings. The van der Waals surface area contributed by atoms with Crippen molar-refractivity contribution >= 4 is 10.8 Å². The fourth-order valence-electron chi connectivity index (χ4n) is 4.43. The summed E-state index contributed by atoms with van der Waals surface area (Å²) in [5.74, 6) is -2.78. The number of alkyl halides is 2. The van der Waals surface area contributed by atoms with Gasteiger partial charge in [-0.25, -0.2) is 13.2 Å². The summed E-state index contributed by atoms with van der Waals surface area (Å²) in [6, 6.07) is 16.6. The second-order valence-corrected chi connectivity index (χ2v) is 8.87. The molecule has 188 valence electrons. The SMILES string of the molecule is CCCCCCCc1ccc2c(F)c(-c3ccc(-c4ccc(OC(F)F)c(F)c4)c(F)c3)ccc2c1. The number of aryl methyl sites for hydroxylation is 1. The lowest BCUT2D eigenvalue weighted by Crippen LogP contribution is -2.03. The van der Waals surface area contributed by atoms with Crippen molar-refractivity contribution in [2.24, 2.45) is 0 Å². The summed E-state index contributed by atoms with van der Waals surface area (Å²) in [5.41, 5.74) is 1.98. The van der Waals surface area contributed by atoms with Crippen molar-refractivity contribution in [1.29, 1.82) is 0 Å². The Kier molecular flexibility index (Phi) is 8.24. The van der Waals surface area contributed by atoms with Crippen LogP contribution in [0, 0.1) is 17.5 Å². The number of fused-ring (bicyclic) bond motifs is 1. The Bertz CT molecular complexity index is 1350. The molecule has 0 atom stereocenters. The first kappa shape index (κ1) is 25.7. The maximum atomic E-state index is 15.4. The van der Waals surface area contributed by atoms with E-state index < -0.39 is 29.8 Å². The first-order chi connectivity index (χ1) is 17.4. The molecular formula is C30H27F5O. The van der Waals surface area contributed by atoms with Gasteiger partial charge in [0, 0.05) is 16.5 Å². The van der Waals surface area contributed by atoms with Gasteiger partial charge in [-0.2, -0.15) is 8.78 Å². The van der Waals surface area contributed by atoms with Gasteiger partial charge in [-0.05, 0) is 53.1 Å². The van der Waals surface area contributed by atoms with Crippen LogP contribution in [0.5, 0.6) is 5.75 Å². The van der Waals surface area contributed by atoms with E-state index in [2.05, 4.69) is 11.7 Å². The second-order valence-electron chi connectivity index (χ2n) is 8.87. The molecule has 0 aromatic heterocycles. The highest BCUT2D eigenvalue weighted by Gasteiger charge is 2.15. The van der Waals surface area contributed by atoms with Crippen LogP contribution in [0.4, 0.5) is 22.0 Å². The van der Waals surface area contributed by atoms with Crippen LogP contribution in [0.1, 0.15) is 44.6 Å². The van der Waals surface area contributed by atoms with E-state index in [1.54, 1.807) is 18.2 Å². The molecule has 6 heteroatoms. The second kappa shape index (κ2) is 11.5. The summed E-state index contributed by atoms with van der Waals surface area (Å²) in [7, 11) is 0. The molecular weight excluding hydrogens is 471 g/mol. The number of ether oxygens (including phenoxy) is 1. The topological polar surface area (TPSA) is 9.23 Å². The van der Waals surface area contributed by atoms with Crippen molar-refractivity contribution < 1.29 is 26.7 Å². The highest BCUT2D eigenvalue weighted by atomic mass is 19.3. The van der Waals surface area contributed by atoms with Gasteiger partial charge >= 0.3 is 6.61 Å². The summed E-state index contributed by atoms with van der Waals surface area (Å²) in [6.07, 6.45) is 6.91. The first-order valence-electron chi connectivity index (χ1n) is 12.1. The molecule has 36 heavy (non-hydrogen) atoms. The zero-order valence-corrected chi connectivity index (χ0v) is 20.0. The summed E-state index contributed by atoms with van der Waals surface area (Å²) in [6.45, 7) is -0.981. The number of rotatable bonds is 10. The van der Waals surface area contributed by atoms with Crippen LogP contribution < -0.4 is 4.74 Å². The van der Waals surface area contributed by atoms with E-state index in [-0.39, 0.29) is 16.7 Å². The lowest BCUT2D eigenvalue weighted by Gasteiger charge is -2.11. The average molecular weight is 499 g/mol. The number of hydrogen-bond donors (Lipinski definition) is 0. The van der Waals surface area contributed by atoms with Gasteiger partial charge in [0.2, 0.25) is 0 Å². The molecule has 0 unspecified atom stereocenters. The molecule has 0 saturated heterocycles. The Morgan fingerprint density at radius 1 is 0.694 bits per heavy atom. The number of halogens is 5. The molecule has 4 rings (SSSR count). The van der Waals surface area contributed by atoms with Gasteiger partial charge in [-0.3, -0.25) is 0 Å². The standard InChI is InChI=1S/C30H27F5O/c1-2-3-4-5-6-7-19-8-12-24-20(16-19)10-14-25(29(24)33)22-9-13-23(26(31)17-22)21-11-15-28(27(32)18-21)36-30(34)35/h8-18,30H,2-7H2,1H3. The van der Waals surface area contributed by atoms with Gasteiger partial charge < -0.3 is 4.74 Å². The van der Waals surface area contributed by atoms with Crippen molar-refractivity contribution in [3.05, 3.63) is 89.7 Å². The zero-order chi connectivity index (χ0) is 25.7. The summed E-state index contributed by atoms with van der Waals surface area (Å²) in [5, 5.41) is 1.25. The summed E-state index contributed by atoms with van der Waals surface area (Å²) >= 11 is 0. The van der Waals surface area contributed by atoms with Crippen LogP contribution in [-0.2, 0) is 6.42 Å². The van der Waals surface area contributed by atoms with Crippen LogP contribution in [0.3, 0.4) is 0 Å². The molecule has 0 aliphatic carbocycles. The van der Waals surface area contributed by atoms with Gasteiger partial charge in [0.25, 0.3) is 0 Å². The van der Waals surface area contributed by atoms with E-state index in [0.29, 0.717) is 10.9 Å². The fourth-order valence-corrected chi connectivity index (χ4v) is 4.43. The third kappa shape index (κ3) is 5.86. The van der Waals surface area contributed by atoms with Crippen molar-refractivity contribution in [1.82, 2.24) is 0 Å². The molecule has 0 saturated carbocycles. The highest BCUT2D eigenvalue weighted by molar-refractivity contribution is 5.89. The van der Waals surface area contributed by atoms with E-state index in [4.69, 9.17) is 0 Å². The summed E-state index contributed by atoms with van der Waals surface area (Å²) < 4.78 is 73.2. The zero-order valence-electron chi connectivity index (χ0n) is 20.0. The predicted molar refractivity (Wildman–Crippen MR) is 134 cm³/mol. The van der Waals surface area contributed by atoms with Crippen molar-refractivity contribution in [2.75, 3.05) is 0 Å². The van der Waals surface area contributed by atoms with Crippen LogP contribution in [-0.4, -0.2) is 6.61 Å². The molecule has 0 fully saturated rings. The van der Waals surface area contributed by atoms with Crippen LogP contribution in [0.2, 0.25) is 0 Å². The number of hydrogen-bond acceptors (Lipinski definition) is 1. The van der Waals surface area contributed by atoms with Gasteiger partial charge in [-0.1, -0.05) is 81.1 Å². The minimum atomic E-state index is -3.17. The molecule has 0 heterocycles. The van der Waals surface area contributed by atoms with Crippen LogP contribution >= 0.6 is 0 Å². The summed E-state index contributed by atoms with van der Waals surface area (Å²) in [4.78, 5) is 0. The molecule has 0 spiro atoms. The predicted octanol–water partition coefficient (Wildman–Crippen LogP) is 9.71. The van der Waals surface area contributed by atoms with E-state index in [1.165, 1.54) is 49.4 Å². The largest absolute Gasteiger partial charge is 0.432 e. The maximum absolute atomic E-state index is 15.4. The lowest BCUT2D eigenvalue weighted by molar-refractivity contribution is -0.0521. The van der Waals surface area contributed by atoms with E-state index in [9.17, 15) is 17.6 Å². The quantitative estimate of drug-likeness (QED) is 0.156. The van der Waals surface area contributed by atoms with Crippen LogP contribution in [0.15, 0.2) is 66.7 Å². The minimum absolute atomic E-state index is 0.0611. The van der Waals surface area contributed by atoms with Crippen molar-refractivity contribution in [3.8, 4) is 28.0 Å². The Morgan fingerprint density at radius 2 is 1.39 bits per heavy atom. The molecule has 0 N–H and O–H groups in total. The van der Waals surface area contributed by atoms with E-state index in [0.717, 1.165) is 30.4 Å². The number of unbranched alkanes of at least 4 members (excludes halogenated alkanes) is 4. The molecule has 0 radical (unpaired) electrons. The number of benzene rings is 4. The van der Waals surface area contributed by atoms with Crippen molar-refractivity contribution in [2.45, 2.75) is 52.1 Å². The third-order valence-corrected chi connectivity index (χ3v) is 6.33. The first-order valence-corrected chi connectivity index (χ1v) is 12.1. The van der Waals surface area contributed by atoms with Crippen molar-refractivity contribution in [3.63, 3.8) is 0 Å². The molecule has 4 aromatic rings. The minimum Gasteiger partial charge on any atom is -0.432 e. The monoisotopic (exact) mass is 498 g/mol. The van der Waals surface area contributed by atoms with E-state index in [1.807, 2.05) is 18.2 Å². The Hall–Kier alpha value is -3.41. The third-order valence-electron chi connectivity index (χ3n) is 6.33. The maximum Gasteiger partial charge on any atom is 0.387 e. The molecule has 1 nitrogen and oxygen atoms in total. The molecule has 0 amide bonds. The lowest BCUT2D eigenvalue weighted by atomic mass is 9.95. The average Bonchev–Trinajstić information content (AvgIpc) is 2.85. The van der Waals surface area contributed by atoms with E-state index >= 15 is 4.39 Å². The Labute approximate surface area is 207 Å². The normalized spacial score (nSPS) is 11.4. The van der Waals surface area contributed by atoms with Gasteiger partial charge in [0.05, 0.1) is 0 Å². The van der Waals surface area contributed by atoms with Gasteiger partial charge in [-0.15, -0.1) is 0 Å². The van der Waals surface area contributed by atoms with Gasteiger partial charge in [0.1, 0.15) is 11.6 Å². The molecule has 0 bridgehead atoms. The molecule has 4 aromatic carbocycles. The highest BCUT2D eigenvalue weighted by Crippen LogP contribution is 2.34. The smallest absolute Gasteiger partial charge is 0.387 e.